The van der Waals surface area contributed by atoms with Crippen LogP contribution >= 0.6 is 0 Å². The van der Waals surface area contributed by atoms with Crippen LogP contribution in [0.1, 0.15) is 96.8 Å². The molecule has 78 heavy (non-hydrogen) atoms. The number of Topliss-reactive ketones (excluding diaryl/α,β-unsaturated/α-hetero) is 4. The topological polar surface area (TPSA) is 452 Å². The van der Waals surface area contributed by atoms with E-state index in [0.717, 1.165) is 24.3 Å². The van der Waals surface area contributed by atoms with Gasteiger partial charge in [-0.3, -0.25) is 19.2 Å². The maximum Gasteiger partial charge on any atom is 0.345 e. The number of benzene rings is 6. The minimum atomic E-state index is -1.49. The predicted octanol–water partition coefficient (Wildman–Crippen LogP) is 7.82. The quantitative estimate of drug-likeness (QED) is 0.0254. The van der Waals surface area contributed by atoms with E-state index in [-0.39, 0.29) is 11.1 Å². The highest BCUT2D eigenvalue weighted by Crippen LogP contribution is 2.59. The van der Waals surface area contributed by atoms with Crippen molar-refractivity contribution in [1.82, 2.24) is 0 Å². The Labute approximate surface area is 436 Å². The summed E-state index contributed by atoms with van der Waals surface area (Å²) >= 11 is 0. The Kier molecular flexibility index (Phi) is 13.8. The minimum Gasteiger partial charge on any atom is -0.504 e. The molecule has 6 aromatic carbocycles. The number of aromatic hydroxyl groups is 16. The Morgan fingerprint density at radius 2 is 0.487 bits per heavy atom. The smallest absolute Gasteiger partial charge is 0.345 e. The van der Waals surface area contributed by atoms with Gasteiger partial charge in [-0.2, -0.15) is 0 Å². The van der Waals surface area contributed by atoms with Gasteiger partial charge in [-0.05, 0) is 24.3 Å². The van der Waals surface area contributed by atoms with Gasteiger partial charge < -0.3 is 90.5 Å². The van der Waals surface area contributed by atoms with Crippen molar-refractivity contribution in [3.05, 3.63) is 67.4 Å². The molecule has 2 heterocycles. The van der Waals surface area contributed by atoms with Gasteiger partial charge in [-0.15, -0.1) is 0 Å². The molecule has 8 aromatic rings. The minimum absolute atomic E-state index is 0.277. The maximum absolute atomic E-state index is 13.8. The van der Waals surface area contributed by atoms with Crippen molar-refractivity contribution in [2.24, 2.45) is 23.7 Å². The maximum atomic E-state index is 13.8. The zero-order valence-corrected chi connectivity index (χ0v) is 42.0. The number of carbonyl (C=O) groups is 4. The molecule has 0 aliphatic heterocycles. The average molecular weight is 1080 g/mol. The number of phenols is 16. The van der Waals surface area contributed by atoms with E-state index in [2.05, 4.69) is 0 Å². The molecule has 0 amide bonds. The number of hydrogen-bond acceptors (Lipinski definition) is 24. The molecule has 0 atom stereocenters. The highest BCUT2D eigenvalue weighted by molar-refractivity contribution is 6.29. The molecule has 0 unspecified atom stereocenters. The first-order valence-corrected chi connectivity index (χ1v) is 23.2. The number of ketones is 4. The zero-order chi connectivity index (χ0) is 58.5. The van der Waals surface area contributed by atoms with Crippen LogP contribution in [0.15, 0.2) is 42.7 Å². The molecule has 8 rings (SSSR count). The van der Waals surface area contributed by atoms with Gasteiger partial charge in [-0.1, -0.05) is 55.4 Å². The summed E-state index contributed by atoms with van der Waals surface area (Å²) in [5.41, 5.74) is -10.6. The Morgan fingerprint density at radius 1 is 0.295 bits per heavy atom. The molecular weight excluding hydrogens is 1030 g/mol. The Hall–Kier alpha value is -10.3. The van der Waals surface area contributed by atoms with Crippen LogP contribution in [0, 0.1) is 23.7 Å². The van der Waals surface area contributed by atoms with E-state index < -0.39 is 227 Å². The summed E-state index contributed by atoms with van der Waals surface area (Å²) in [6, 6.07) is 3.27. The molecule has 2 aromatic heterocycles. The Bertz CT molecular complexity index is 3800. The summed E-state index contributed by atoms with van der Waals surface area (Å²) in [7, 11) is 0. The molecule has 0 spiro atoms. The van der Waals surface area contributed by atoms with Gasteiger partial charge in [0.25, 0.3) is 0 Å². The molecule has 0 saturated heterocycles. The lowest BCUT2D eigenvalue weighted by atomic mass is 9.85. The van der Waals surface area contributed by atoms with E-state index in [9.17, 15) is 110 Å². The summed E-state index contributed by atoms with van der Waals surface area (Å²) in [6.45, 7) is 12.0. The van der Waals surface area contributed by atoms with Crippen molar-refractivity contribution in [1.29, 1.82) is 0 Å². The second-order valence-electron chi connectivity index (χ2n) is 19.2. The van der Waals surface area contributed by atoms with Crippen LogP contribution in [-0.2, 0) is 0 Å². The van der Waals surface area contributed by atoms with Crippen LogP contribution in [0.25, 0.3) is 66.1 Å². The van der Waals surface area contributed by atoms with E-state index in [4.69, 9.17) is 8.83 Å². The van der Waals surface area contributed by atoms with Crippen molar-refractivity contribution in [2.45, 2.75) is 55.4 Å². The fourth-order valence-electron chi connectivity index (χ4n) is 8.87. The monoisotopic (exact) mass is 1080 g/mol. The summed E-state index contributed by atoms with van der Waals surface area (Å²) in [4.78, 5) is 79.4. The first-order valence-electron chi connectivity index (χ1n) is 23.2. The molecule has 24 heteroatoms. The van der Waals surface area contributed by atoms with E-state index in [0.29, 0.717) is 0 Å². The van der Waals surface area contributed by atoms with Crippen molar-refractivity contribution in [3.63, 3.8) is 0 Å². The third-order valence-electron chi connectivity index (χ3n) is 12.8. The van der Waals surface area contributed by atoms with Crippen molar-refractivity contribution < 1.29 is 110 Å². The molecule has 0 radical (unpaired) electrons. The van der Waals surface area contributed by atoms with Gasteiger partial charge in [0, 0.05) is 90.1 Å². The van der Waals surface area contributed by atoms with Crippen LogP contribution in [-0.4, -0.2) is 105 Å². The number of hydrogen-bond donors (Lipinski definition) is 16. The molecule has 0 saturated carbocycles. The van der Waals surface area contributed by atoms with Gasteiger partial charge in [-0.25, -0.2) is 9.59 Å². The third kappa shape index (κ3) is 8.34. The molecular formula is C54H48O24. The van der Waals surface area contributed by atoms with Gasteiger partial charge >= 0.3 is 11.3 Å². The van der Waals surface area contributed by atoms with E-state index in [1.807, 2.05) is 0 Å². The van der Waals surface area contributed by atoms with Crippen LogP contribution in [0.2, 0.25) is 0 Å². The molecule has 16 N–H and O–H groups in total. The van der Waals surface area contributed by atoms with Gasteiger partial charge in [0.1, 0.15) is 0 Å². The summed E-state index contributed by atoms with van der Waals surface area (Å²) < 4.78 is 10.6. The van der Waals surface area contributed by atoms with Crippen LogP contribution in [0.5, 0.6) is 92.0 Å². The van der Waals surface area contributed by atoms with Crippen LogP contribution < -0.4 is 11.3 Å². The largest absolute Gasteiger partial charge is 0.504 e. The van der Waals surface area contributed by atoms with E-state index in [1.165, 1.54) is 27.7 Å². The number of rotatable bonds is 11. The number of carbonyl (C=O) groups excluding carboxylic acids is 4. The fraction of sp³-hybridized carbons (Fsp3) is 0.222. The lowest BCUT2D eigenvalue weighted by Gasteiger charge is -2.21. The summed E-state index contributed by atoms with van der Waals surface area (Å²) in [5.74, 6) is -22.9. The predicted molar refractivity (Wildman–Crippen MR) is 273 cm³/mol. The van der Waals surface area contributed by atoms with Crippen LogP contribution in [0.3, 0.4) is 0 Å². The number of phenolic OH excluding ortho intramolecular Hbond substituents is 16. The highest BCUT2D eigenvalue weighted by Gasteiger charge is 2.38. The standard InChI is InChI=1S/C34H26O16.C20H22O8/c1-7(2)21(37)9-5-11(35)23(39)25(41)13(9)15-19-17-18-20(34(48)50-31(17)29(45)27(15)43)16(28(44)30(46)32(18)49-33(19)47)14-10(22(38)8(3)4)6-12(36)24(40)26(14)42;1-7(2)15(23)9-5-11(21)17(25)19(27)13(9)14-10(16(24)8(3)4)6-12(22)18(26)20(14)28/h5-8,35-36,39-46H,1-4H3;5-8,21-22,25-28H,1-4H3. The molecule has 0 fully saturated rings. The Morgan fingerprint density at radius 3 is 0.692 bits per heavy atom. The molecule has 0 bridgehead atoms. The zero-order valence-electron chi connectivity index (χ0n) is 42.0. The molecule has 24 nitrogen and oxygen atoms in total. The normalized spacial score (nSPS) is 11.6. The lowest BCUT2D eigenvalue weighted by molar-refractivity contribution is 0.0930. The lowest BCUT2D eigenvalue weighted by Crippen LogP contribution is -2.13. The molecule has 408 valence electrons. The van der Waals surface area contributed by atoms with Crippen molar-refractivity contribution >= 4 is 55.8 Å². The van der Waals surface area contributed by atoms with Crippen molar-refractivity contribution in [2.75, 3.05) is 0 Å². The second kappa shape index (κ2) is 19.5. The first kappa shape index (κ1) is 55.5. The Balaban J connectivity index is 0.000000267. The summed E-state index contributed by atoms with van der Waals surface area (Å²) in [5, 5.41) is 166. The second-order valence-corrected chi connectivity index (χ2v) is 19.2. The third-order valence-corrected chi connectivity index (χ3v) is 12.8. The SMILES string of the molecule is CC(C)C(=O)c1cc(O)c(O)c(O)c1-c1c(C(=O)C(C)C)cc(O)c(O)c1O.CC(C)C(=O)c1cc(O)c(O)c(O)c1-c1c(O)c(O)c2oc(=O)c3c(-c4c(C(=O)C(C)C)cc(O)c(O)c4O)c(O)c(O)c4oc(=O)c1c2c43. The van der Waals surface area contributed by atoms with Gasteiger partial charge in [0.15, 0.2) is 91.8 Å². The van der Waals surface area contributed by atoms with E-state index in [1.54, 1.807) is 27.7 Å². The fourth-order valence-corrected chi connectivity index (χ4v) is 8.87. The molecule has 0 aliphatic rings. The first-order chi connectivity index (χ1) is 36.2. The molecule has 0 aliphatic carbocycles. The van der Waals surface area contributed by atoms with Crippen molar-refractivity contribution in [3.8, 4) is 125 Å². The van der Waals surface area contributed by atoms with Crippen LogP contribution in [0.4, 0.5) is 0 Å². The summed E-state index contributed by atoms with van der Waals surface area (Å²) in [6.07, 6.45) is 0. The van der Waals surface area contributed by atoms with E-state index >= 15 is 0 Å². The average Bonchev–Trinajstić information content (AvgIpc) is 3.54. The highest BCUT2D eigenvalue weighted by atomic mass is 16.4. The van der Waals surface area contributed by atoms with Gasteiger partial charge in [0.2, 0.25) is 34.5 Å². The van der Waals surface area contributed by atoms with Gasteiger partial charge in [0.05, 0.1) is 10.8 Å².